The average molecular weight is 305 g/mol. The number of aliphatic hydroxyl groups excluding tert-OH is 1. The molecule has 1 aromatic rings. The molecule has 3 heteroatoms. The molecule has 0 spiro atoms. The first kappa shape index (κ1) is 17.3. The molecule has 0 unspecified atom stereocenters. The van der Waals surface area contributed by atoms with Crippen LogP contribution in [-0.2, 0) is 12.8 Å². The molecule has 2 atom stereocenters. The fraction of sp³-hybridized carbons (Fsp3) is 0.684. The highest BCUT2D eigenvalue weighted by atomic mass is 16.5. The van der Waals surface area contributed by atoms with Crippen molar-refractivity contribution in [3.8, 4) is 5.75 Å². The normalized spacial score (nSPS) is 19.7. The molecule has 0 saturated carbocycles. The third kappa shape index (κ3) is 4.47. The number of hydrogen-bond donors (Lipinski definition) is 2. The minimum absolute atomic E-state index is 0.0345. The maximum absolute atomic E-state index is 9.44. The van der Waals surface area contributed by atoms with Gasteiger partial charge in [0.05, 0.1) is 13.2 Å². The van der Waals surface area contributed by atoms with Crippen molar-refractivity contribution in [3.63, 3.8) is 0 Å². The van der Waals surface area contributed by atoms with Gasteiger partial charge in [0.2, 0.25) is 0 Å². The van der Waals surface area contributed by atoms with Crippen molar-refractivity contribution in [2.24, 2.45) is 11.7 Å². The second-order valence-electron chi connectivity index (χ2n) is 6.96. The van der Waals surface area contributed by atoms with Crippen LogP contribution < -0.4 is 10.5 Å². The van der Waals surface area contributed by atoms with Crippen molar-refractivity contribution >= 4 is 0 Å². The summed E-state index contributed by atoms with van der Waals surface area (Å²) in [6.45, 7) is 5.01. The lowest BCUT2D eigenvalue weighted by molar-refractivity contribution is 0.158. The maximum atomic E-state index is 9.44. The number of nitrogens with two attached hydrogens (primary N) is 1. The van der Waals surface area contributed by atoms with Crippen LogP contribution in [0.4, 0.5) is 0 Å². The van der Waals surface area contributed by atoms with Gasteiger partial charge in [0.1, 0.15) is 5.75 Å². The summed E-state index contributed by atoms with van der Waals surface area (Å²) >= 11 is 0. The van der Waals surface area contributed by atoms with E-state index in [1.165, 1.54) is 36.8 Å². The van der Waals surface area contributed by atoms with E-state index in [1.54, 1.807) is 0 Å². The summed E-state index contributed by atoms with van der Waals surface area (Å²) in [4.78, 5) is 0. The van der Waals surface area contributed by atoms with E-state index in [0.717, 1.165) is 31.6 Å². The van der Waals surface area contributed by atoms with E-state index < -0.39 is 5.54 Å². The number of ether oxygens (including phenoxy) is 1. The Balaban J connectivity index is 1.83. The molecule has 0 aromatic heterocycles. The lowest BCUT2D eigenvalue weighted by atomic mass is 9.85. The molecule has 22 heavy (non-hydrogen) atoms. The largest absolute Gasteiger partial charge is 0.494 e. The van der Waals surface area contributed by atoms with Gasteiger partial charge in [-0.2, -0.15) is 0 Å². The van der Waals surface area contributed by atoms with Gasteiger partial charge in [-0.05, 0) is 55.4 Å². The van der Waals surface area contributed by atoms with Gasteiger partial charge in [0.15, 0.2) is 0 Å². The Morgan fingerprint density at radius 1 is 1.18 bits per heavy atom. The molecule has 1 aromatic carbocycles. The molecule has 0 amide bonds. The highest BCUT2D eigenvalue weighted by Gasteiger charge is 2.34. The first-order chi connectivity index (χ1) is 10.6. The first-order valence-corrected chi connectivity index (χ1v) is 8.71. The van der Waals surface area contributed by atoms with Crippen LogP contribution in [0.25, 0.3) is 0 Å². The summed E-state index contributed by atoms with van der Waals surface area (Å²) in [6.07, 6.45) is 8.19. The molecule has 0 bridgehead atoms. The quantitative estimate of drug-likeness (QED) is 0.687. The SMILES string of the molecule is CCCCCCCOc1ccc2c(c1)C[C@H]([C@@](C)(N)CO)C2. The molecule has 0 radical (unpaired) electrons. The van der Waals surface area contributed by atoms with E-state index in [0.29, 0.717) is 5.92 Å². The Labute approximate surface area is 134 Å². The minimum atomic E-state index is -0.501. The highest BCUT2D eigenvalue weighted by Crippen LogP contribution is 2.34. The van der Waals surface area contributed by atoms with Crippen molar-refractivity contribution < 1.29 is 9.84 Å². The third-order valence-corrected chi connectivity index (χ3v) is 4.90. The summed E-state index contributed by atoms with van der Waals surface area (Å²) < 4.78 is 5.88. The monoisotopic (exact) mass is 305 g/mol. The lowest BCUT2D eigenvalue weighted by Crippen LogP contribution is -2.48. The molecule has 124 valence electrons. The van der Waals surface area contributed by atoms with Gasteiger partial charge < -0.3 is 15.6 Å². The van der Waals surface area contributed by atoms with Gasteiger partial charge in [0.25, 0.3) is 0 Å². The maximum Gasteiger partial charge on any atom is 0.119 e. The Hall–Kier alpha value is -1.06. The van der Waals surface area contributed by atoms with Crippen molar-refractivity contribution in [2.75, 3.05) is 13.2 Å². The van der Waals surface area contributed by atoms with Gasteiger partial charge in [0, 0.05) is 5.54 Å². The van der Waals surface area contributed by atoms with E-state index in [2.05, 4.69) is 25.1 Å². The van der Waals surface area contributed by atoms with Gasteiger partial charge in [-0.15, -0.1) is 0 Å². The van der Waals surface area contributed by atoms with Crippen molar-refractivity contribution in [3.05, 3.63) is 29.3 Å². The zero-order valence-corrected chi connectivity index (χ0v) is 14.1. The molecule has 1 aliphatic rings. The molecular weight excluding hydrogens is 274 g/mol. The second-order valence-corrected chi connectivity index (χ2v) is 6.96. The number of aliphatic hydroxyl groups is 1. The summed E-state index contributed by atoms with van der Waals surface area (Å²) in [5.41, 5.74) is 8.38. The number of rotatable bonds is 9. The van der Waals surface area contributed by atoms with Crippen LogP contribution in [-0.4, -0.2) is 23.9 Å². The van der Waals surface area contributed by atoms with Crippen LogP contribution in [0.2, 0.25) is 0 Å². The number of benzene rings is 1. The van der Waals surface area contributed by atoms with Gasteiger partial charge >= 0.3 is 0 Å². The van der Waals surface area contributed by atoms with Crippen LogP contribution in [0.3, 0.4) is 0 Å². The number of hydrogen-bond acceptors (Lipinski definition) is 3. The van der Waals surface area contributed by atoms with Crippen molar-refractivity contribution in [2.45, 2.75) is 64.3 Å². The predicted molar refractivity (Wildman–Crippen MR) is 91.3 cm³/mol. The van der Waals surface area contributed by atoms with Crippen molar-refractivity contribution in [1.82, 2.24) is 0 Å². The molecule has 0 heterocycles. The predicted octanol–water partition coefficient (Wildman–Crippen LogP) is 3.46. The van der Waals surface area contributed by atoms with Gasteiger partial charge in [-0.25, -0.2) is 0 Å². The standard InChI is InChI=1S/C19H31NO2/c1-3-4-5-6-7-10-22-18-9-8-15-11-17(12-16(15)13-18)19(2,20)14-21/h8-9,13,17,21H,3-7,10-12,14,20H2,1-2H3/t17-,19+/m1/s1. The Bertz CT molecular complexity index is 471. The molecule has 2 rings (SSSR count). The molecule has 3 nitrogen and oxygen atoms in total. The fourth-order valence-electron chi connectivity index (χ4n) is 3.18. The van der Waals surface area contributed by atoms with Crippen LogP contribution in [0.1, 0.15) is 57.1 Å². The fourth-order valence-corrected chi connectivity index (χ4v) is 3.18. The first-order valence-electron chi connectivity index (χ1n) is 8.71. The van der Waals surface area contributed by atoms with Crippen LogP contribution in [0.5, 0.6) is 5.75 Å². The van der Waals surface area contributed by atoms with E-state index in [-0.39, 0.29) is 6.61 Å². The summed E-state index contributed by atoms with van der Waals surface area (Å²) in [7, 11) is 0. The van der Waals surface area contributed by atoms with Gasteiger partial charge in [-0.3, -0.25) is 0 Å². The Morgan fingerprint density at radius 2 is 1.91 bits per heavy atom. The van der Waals surface area contributed by atoms with Crippen LogP contribution in [0, 0.1) is 5.92 Å². The number of fused-ring (bicyclic) bond motifs is 1. The van der Waals surface area contributed by atoms with Crippen LogP contribution >= 0.6 is 0 Å². The van der Waals surface area contributed by atoms with Crippen LogP contribution in [0.15, 0.2) is 18.2 Å². The van der Waals surface area contributed by atoms with E-state index >= 15 is 0 Å². The molecule has 0 fully saturated rings. The summed E-state index contributed by atoms with van der Waals surface area (Å²) in [5, 5.41) is 9.44. The molecule has 1 aliphatic carbocycles. The summed E-state index contributed by atoms with van der Waals surface area (Å²) in [5.74, 6) is 1.29. The smallest absolute Gasteiger partial charge is 0.119 e. The average Bonchev–Trinajstić information content (AvgIpc) is 2.95. The topological polar surface area (TPSA) is 55.5 Å². The zero-order valence-electron chi connectivity index (χ0n) is 14.1. The van der Waals surface area contributed by atoms with E-state index in [1.807, 2.05) is 6.92 Å². The summed E-state index contributed by atoms with van der Waals surface area (Å²) in [6, 6.07) is 6.39. The number of unbranched alkanes of at least 4 members (excludes halogenated alkanes) is 4. The van der Waals surface area contributed by atoms with Crippen molar-refractivity contribution in [1.29, 1.82) is 0 Å². The lowest BCUT2D eigenvalue weighted by Gasteiger charge is -2.28. The van der Waals surface area contributed by atoms with E-state index in [4.69, 9.17) is 10.5 Å². The molecule has 0 aliphatic heterocycles. The molecular formula is C19H31NO2. The second kappa shape index (κ2) is 7.98. The molecule has 3 N–H and O–H groups in total. The Morgan fingerprint density at radius 3 is 2.64 bits per heavy atom. The third-order valence-electron chi connectivity index (χ3n) is 4.90. The van der Waals surface area contributed by atoms with Gasteiger partial charge in [-0.1, -0.05) is 38.7 Å². The molecule has 0 saturated heterocycles. The highest BCUT2D eigenvalue weighted by molar-refractivity contribution is 5.40. The zero-order chi connectivity index (χ0) is 16.0. The Kier molecular flexibility index (Phi) is 6.27. The van der Waals surface area contributed by atoms with E-state index in [9.17, 15) is 5.11 Å². The minimum Gasteiger partial charge on any atom is -0.494 e.